The van der Waals surface area contributed by atoms with Crippen molar-refractivity contribution in [2.75, 3.05) is 13.1 Å². The molecule has 2 unspecified atom stereocenters. The summed E-state index contributed by atoms with van der Waals surface area (Å²) in [5, 5.41) is 3.39. The molecular formula is C14H19BrN2O. The highest BCUT2D eigenvalue weighted by molar-refractivity contribution is 9.10. The van der Waals surface area contributed by atoms with E-state index in [1.807, 2.05) is 30.0 Å². The second-order valence-electron chi connectivity index (χ2n) is 5.08. The monoisotopic (exact) mass is 310 g/mol. The standard InChI is InChI=1S/C14H19BrN2O/c1-9-6-12(4-5-13(9)15)14(18)17-8-10(2)16-7-11(17)3/h4-6,10-11,16H,7-8H2,1-3H3. The number of carbonyl (C=O) groups excluding carboxylic acids is 1. The van der Waals surface area contributed by atoms with E-state index in [0.29, 0.717) is 6.04 Å². The molecule has 2 atom stereocenters. The lowest BCUT2D eigenvalue weighted by Gasteiger charge is -2.37. The summed E-state index contributed by atoms with van der Waals surface area (Å²) < 4.78 is 1.04. The molecular weight excluding hydrogens is 292 g/mol. The molecule has 0 aromatic heterocycles. The first kappa shape index (κ1) is 13.6. The topological polar surface area (TPSA) is 32.3 Å². The van der Waals surface area contributed by atoms with Gasteiger partial charge in [0.05, 0.1) is 0 Å². The molecule has 1 amide bonds. The van der Waals surface area contributed by atoms with E-state index in [1.54, 1.807) is 0 Å². The smallest absolute Gasteiger partial charge is 0.254 e. The van der Waals surface area contributed by atoms with Gasteiger partial charge in [-0.3, -0.25) is 4.79 Å². The van der Waals surface area contributed by atoms with Gasteiger partial charge in [-0.25, -0.2) is 0 Å². The summed E-state index contributed by atoms with van der Waals surface area (Å²) in [7, 11) is 0. The first-order chi connectivity index (χ1) is 8.49. The minimum absolute atomic E-state index is 0.131. The van der Waals surface area contributed by atoms with Crippen molar-refractivity contribution >= 4 is 21.8 Å². The van der Waals surface area contributed by atoms with Crippen molar-refractivity contribution in [1.29, 1.82) is 0 Å². The normalized spacial score (nSPS) is 24.1. The number of halogens is 1. The predicted molar refractivity (Wildman–Crippen MR) is 76.8 cm³/mol. The maximum atomic E-state index is 12.5. The van der Waals surface area contributed by atoms with E-state index in [9.17, 15) is 4.79 Å². The minimum atomic E-state index is 0.131. The van der Waals surface area contributed by atoms with Crippen LogP contribution in [-0.2, 0) is 0 Å². The van der Waals surface area contributed by atoms with Crippen LogP contribution in [0.3, 0.4) is 0 Å². The Balaban J connectivity index is 2.21. The van der Waals surface area contributed by atoms with Crippen LogP contribution in [0.5, 0.6) is 0 Å². The fourth-order valence-electron chi connectivity index (χ4n) is 2.25. The molecule has 4 heteroatoms. The Hall–Kier alpha value is -0.870. The number of aryl methyl sites for hydroxylation is 1. The summed E-state index contributed by atoms with van der Waals surface area (Å²) in [6.07, 6.45) is 0. The zero-order chi connectivity index (χ0) is 13.3. The van der Waals surface area contributed by atoms with Crippen molar-refractivity contribution in [3.63, 3.8) is 0 Å². The third-order valence-electron chi connectivity index (χ3n) is 3.43. The van der Waals surface area contributed by atoms with Crippen molar-refractivity contribution in [3.8, 4) is 0 Å². The second-order valence-corrected chi connectivity index (χ2v) is 5.93. The molecule has 98 valence electrons. The summed E-state index contributed by atoms with van der Waals surface area (Å²) in [5.74, 6) is 0.131. The van der Waals surface area contributed by atoms with Crippen molar-refractivity contribution in [2.24, 2.45) is 0 Å². The van der Waals surface area contributed by atoms with E-state index in [1.165, 1.54) is 0 Å². The van der Waals surface area contributed by atoms with Crippen LogP contribution in [0.2, 0.25) is 0 Å². The average molecular weight is 311 g/mol. The zero-order valence-corrected chi connectivity index (χ0v) is 12.6. The number of benzene rings is 1. The molecule has 1 aromatic rings. The quantitative estimate of drug-likeness (QED) is 0.864. The lowest BCUT2D eigenvalue weighted by molar-refractivity contribution is 0.0616. The van der Waals surface area contributed by atoms with Crippen LogP contribution in [0.25, 0.3) is 0 Å². The Morgan fingerprint density at radius 1 is 1.44 bits per heavy atom. The molecule has 1 aliphatic rings. The van der Waals surface area contributed by atoms with Crippen molar-refractivity contribution in [2.45, 2.75) is 32.9 Å². The van der Waals surface area contributed by atoms with Crippen LogP contribution in [0.1, 0.15) is 29.8 Å². The molecule has 1 fully saturated rings. The summed E-state index contributed by atoms with van der Waals surface area (Å²) in [5.41, 5.74) is 1.87. The van der Waals surface area contributed by atoms with E-state index in [0.717, 1.165) is 28.7 Å². The van der Waals surface area contributed by atoms with Gasteiger partial charge in [-0.05, 0) is 44.5 Å². The number of hydrogen-bond acceptors (Lipinski definition) is 2. The Kier molecular flexibility index (Phi) is 4.07. The van der Waals surface area contributed by atoms with Gasteiger partial charge in [-0.2, -0.15) is 0 Å². The number of hydrogen-bond donors (Lipinski definition) is 1. The van der Waals surface area contributed by atoms with Crippen molar-refractivity contribution in [1.82, 2.24) is 10.2 Å². The Bertz CT molecular complexity index is 461. The van der Waals surface area contributed by atoms with Crippen LogP contribution in [0.15, 0.2) is 22.7 Å². The summed E-state index contributed by atoms with van der Waals surface area (Å²) >= 11 is 3.46. The van der Waals surface area contributed by atoms with Gasteiger partial charge in [0.2, 0.25) is 0 Å². The maximum Gasteiger partial charge on any atom is 0.254 e. The summed E-state index contributed by atoms with van der Waals surface area (Å²) in [4.78, 5) is 14.5. The number of carbonyl (C=O) groups is 1. The van der Waals surface area contributed by atoms with Gasteiger partial charge in [0.1, 0.15) is 0 Å². The molecule has 1 saturated heterocycles. The molecule has 18 heavy (non-hydrogen) atoms. The van der Waals surface area contributed by atoms with Crippen molar-refractivity contribution in [3.05, 3.63) is 33.8 Å². The molecule has 0 spiro atoms. The van der Waals surface area contributed by atoms with E-state index in [2.05, 4.69) is 35.1 Å². The zero-order valence-electron chi connectivity index (χ0n) is 11.0. The van der Waals surface area contributed by atoms with Gasteiger partial charge in [-0.1, -0.05) is 15.9 Å². The average Bonchev–Trinajstić information content (AvgIpc) is 2.35. The molecule has 1 aliphatic heterocycles. The van der Waals surface area contributed by atoms with Gasteiger partial charge < -0.3 is 10.2 Å². The molecule has 0 saturated carbocycles. The number of piperazine rings is 1. The van der Waals surface area contributed by atoms with Crippen LogP contribution in [-0.4, -0.2) is 36.0 Å². The van der Waals surface area contributed by atoms with Crippen LogP contribution in [0, 0.1) is 6.92 Å². The van der Waals surface area contributed by atoms with Gasteiger partial charge in [0.15, 0.2) is 0 Å². The fraction of sp³-hybridized carbons (Fsp3) is 0.500. The Morgan fingerprint density at radius 2 is 2.17 bits per heavy atom. The summed E-state index contributed by atoms with van der Waals surface area (Å²) in [6, 6.07) is 6.39. The lowest BCUT2D eigenvalue weighted by atomic mass is 10.1. The van der Waals surface area contributed by atoms with Crippen LogP contribution in [0.4, 0.5) is 0 Å². The van der Waals surface area contributed by atoms with Gasteiger partial charge in [-0.15, -0.1) is 0 Å². The Labute approximate surface area is 117 Å². The molecule has 0 aliphatic carbocycles. The second kappa shape index (κ2) is 5.41. The fourth-order valence-corrected chi connectivity index (χ4v) is 2.49. The van der Waals surface area contributed by atoms with E-state index < -0.39 is 0 Å². The molecule has 1 N–H and O–H groups in total. The van der Waals surface area contributed by atoms with E-state index >= 15 is 0 Å². The SMILES string of the molecule is Cc1cc(C(=O)N2CC(C)NCC2C)ccc1Br. The highest BCUT2D eigenvalue weighted by atomic mass is 79.9. The van der Waals surface area contributed by atoms with Gasteiger partial charge in [0.25, 0.3) is 5.91 Å². The lowest BCUT2D eigenvalue weighted by Crippen LogP contribution is -2.56. The Morgan fingerprint density at radius 3 is 2.83 bits per heavy atom. The predicted octanol–water partition coefficient (Wildman–Crippen LogP) is 2.58. The van der Waals surface area contributed by atoms with Crippen molar-refractivity contribution < 1.29 is 4.79 Å². The first-order valence-electron chi connectivity index (χ1n) is 6.29. The molecule has 1 heterocycles. The number of amides is 1. The van der Waals surface area contributed by atoms with E-state index in [-0.39, 0.29) is 11.9 Å². The molecule has 1 aromatic carbocycles. The highest BCUT2D eigenvalue weighted by Gasteiger charge is 2.27. The number of rotatable bonds is 1. The molecule has 0 bridgehead atoms. The largest absolute Gasteiger partial charge is 0.333 e. The third kappa shape index (κ3) is 2.75. The van der Waals surface area contributed by atoms with E-state index in [4.69, 9.17) is 0 Å². The van der Waals surface area contributed by atoms with Crippen LogP contribution >= 0.6 is 15.9 Å². The molecule has 2 rings (SSSR count). The highest BCUT2D eigenvalue weighted by Crippen LogP contribution is 2.19. The van der Waals surface area contributed by atoms with Gasteiger partial charge >= 0.3 is 0 Å². The van der Waals surface area contributed by atoms with Crippen LogP contribution < -0.4 is 5.32 Å². The number of nitrogens with zero attached hydrogens (tertiary/aromatic N) is 1. The molecule has 0 radical (unpaired) electrons. The number of nitrogens with one attached hydrogen (secondary N) is 1. The first-order valence-corrected chi connectivity index (χ1v) is 7.09. The maximum absolute atomic E-state index is 12.5. The van der Waals surface area contributed by atoms with Gasteiger partial charge in [0, 0.05) is 35.2 Å². The molecule has 3 nitrogen and oxygen atoms in total. The minimum Gasteiger partial charge on any atom is -0.333 e. The summed E-state index contributed by atoms with van der Waals surface area (Å²) in [6.45, 7) is 7.84. The third-order valence-corrected chi connectivity index (χ3v) is 4.32.